The van der Waals surface area contributed by atoms with Crippen LogP contribution >= 0.6 is 11.3 Å². The molecule has 0 fully saturated rings. The molecule has 3 nitrogen and oxygen atoms in total. The quantitative estimate of drug-likeness (QED) is 0.469. The molecule has 0 saturated heterocycles. The van der Waals surface area contributed by atoms with E-state index in [1.165, 1.54) is 11.3 Å². The topological polar surface area (TPSA) is 66.5 Å². The van der Waals surface area contributed by atoms with E-state index in [4.69, 9.17) is 15.8 Å². The molecule has 0 atom stereocenters. The Morgan fingerprint density at radius 2 is 2.14 bits per heavy atom. The second kappa shape index (κ2) is 3.23. The summed E-state index contributed by atoms with van der Waals surface area (Å²) in [4.78, 5) is 0. The first-order valence-corrected chi connectivity index (χ1v) is 4.80. The normalized spacial score (nSPS) is 10.8. The molecule has 0 spiro atoms. The van der Waals surface area contributed by atoms with E-state index in [2.05, 4.69) is 0 Å². The number of hydrogen-bond acceptors (Lipinski definition) is 4. The van der Waals surface area contributed by atoms with Gasteiger partial charge in [-0.3, -0.25) is 0 Å². The van der Waals surface area contributed by atoms with E-state index in [0.29, 0.717) is 10.1 Å². The van der Waals surface area contributed by atoms with Gasteiger partial charge in [0, 0.05) is 16.5 Å². The van der Waals surface area contributed by atoms with Crippen LogP contribution in [0.15, 0.2) is 17.5 Å². The van der Waals surface area contributed by atoms with Crippen LogP contribution in [0.3, 0.4) is 0 Å². The number of thiophene rings is 1. The third kappa shape index (κ3) is 1.28. The Bertz CT molecular complexity index is 485. The van der Waals surface area contributed by atoms with Gasteiger partial charge in [0.1, 0.15) is 5.82 Å². The summed E-state index contributed by atoms with van der Waals surface area (Å²) in [6, 6.07) is 2.66. The molecule has 72 valence electrons. The number of rotatable bonds is 1. The molecule has 2 rings (SSSR count). The van der Waals surface area contributed by atoms with Gasteiger partial charge in [0.05, 0.1) is 4.70 Å². The minimum absolute atomic E-state index is 0.0115. The third-order valence-corrected chi connectivity index (χ3v) is 2.99. The number of nitrogen functional groups attached to an aromatic ring is 1. The van der Waals surface area contributed by atoms with E-state index in [1.807, 2.05) is 0 Å². The molecule has 0 aliphatic rings. The van der Waals surface area contributed by atoms with Gasteiger partial charge in [-0.15, -0.1) is 11.3 Å². The molecule has 0 radical (unpaired) electrons. The van der Waals surface area contributed by atoms with E-state index in [9.17, 15) is 4.39 Å². The highest BCUT2D eigenvalue weighted by Crippen LogP contribution is 2.27. The van der Waals surface area contributed by atoms with E-state index in [-0.39, 0.29) is 11.2 Å². The zero-order chi connectivity index (χ0) is 10.3. The van der Waals surface area contributed by atoms with Gasteiger partial charge in [-0.25, -0.2) is 4.39 Å². The number of halogens is 1. The van der Waals surface area contributed by atoms with Gasteiger partial charge in [0.15, 0.2) is 0 Å². The minimum atomic E-state index is -1.74. The standard InChI is InChI=1S/C8H7BFNO2S/c10-6-3-5(9(12)13)7(11)8-4(6)1-2-14-8/h1-3,12-13H,11H2. The first-order chi connectivity index (χ1) is 6.61. The Balaban J connectivity index is 2.82. The molecule has 0 saturated carbocycles. The fraction of sp³-hybridized carbons (Fsp3) is 0. The molecule has 2 aromatic rings. The van der Waals surface area contributed by atoms with Gasteiger partial charge in [-0.05, 0) is 17.5 Å². The van der Waals surface area contributed by atoms with Crippen LogP contribution in [0.25, 0.3) is 10.1 Å². The van der Waals surface area contributed by atoms with Crippen molar-refractivity contribution in [2.45, 2.75) is 0 Å². The number of fused-ring (bicyclic) bond motifs is 1. The molecular weight excluding hydrogens is 204 g/mol. The maximum atomic E-state index is 13.3. The Hall–Kier alpha value is -1.11. The van der Waals surface area contributed by atoms with Gasteiger partial charge in [0.25, 0.3) is 0 Å². The minimum Gasteiger partial charge on any atom is -0.423 e. The van der Waals surface area contributed by atoms with Gasteiger partial charge in [-0.1, -0.05) is 0 Å². The van der Waals surface area contributed by atoms with Crippen molar-refractivity contribution >= 4 is 39.7 Å². The maximum absolute atomic E-state index is 13.3. The molecule has 0 unspecified atom stereocenters. The largest absolute Gasteiger partial charge is 0.490 e. The van der Waals surface area contributed by atoms with Crippen LogP contribution in [0, 0.1) is 5.82 Å². The Morgan fingerprint density at radius 3 is 2.79 bits per heavy atom. The summed E-state index contributed by atoms with van der Waals surface area (Å²) < 4.78 is 13.9. The van der Waals surface area contributed by atoms with Gasteiger partial charge < -0.3 is 15.8 Å². The van der Waals surface area contributed by atoms with Crippen molar-refractivity contribution in [3.63, 3.8) is 0 Å². The smallest absolute Gasteiger partial charge is 0.423 e. The zero-order valence-electron chi connectivity index (χ0n) is 7.07. The Labute approximate surface area is 83.7 Å². The summed E-state index contributed by atoms with van der Waals surface area (Å²) in [7, 11) is -1.74. The van der Waals surface area contributed by atoms with Gasteiger partial charge in [0.2, 0.25) is 0 Å². The van der Waals surface area contributed by atoms with Crippen LogP contribution in [0.2, 0.25) is 0 Å². The lowest BCUT2D eigenvalue weighted by Crippen LogP contribution is -2.32. The summed E-state index contributed by atoms with van der Waals surface area (Å²) in [5, 5.41) is 20.0. The SMILES string of the molecule is Nc1c(B(O)O)cc(F)c2ccsc12. The lowest BCUT2D eigenvalue weighted by molar-refractivity contribution is 0.425. The average Bonchev–Trinajstić information content (AvgIpc) is 2.59. The van der Waals surface area contributed by atoms with Crippen LogP contribution in [0.1, 0.15) is 0 Å². The Kier molecular flexibility index (Phi) is 2.18. The van der Waals surface area contributed by atoms with E-state index >= 15 is 0 Å². The second-order valence-electron chi connectivity index (χ2n) is 2.90. The first kappa shape index (κ1) is 9.45. The van der Waals surface area contributed by atoms with Crippen LogP contribution in [0.5, 0.6) is 0 Å². The highest BCUT2D eigenvalue weighted by atomic mass is 32.1. The lowest BCUT2D eigenvalue weighted by atomic mass is 9.78. The van der Waals surface area contributed by atoms with Crippen molar-refractivity contribution < 1.29 is 14.4 Å². The fourth-order valence-electron chi connectivity index (χ4n) is 1.34. The number of benzene rings is 1. The maximum Gasteiger partial charge on any atom is 0.490 e. The van der Waals surface area contributed by atoms with Crippen LogP contribution in [-0.4, -0.2) is 17.2 Å². The van der Waals surface area contributed by atoms with Crippen molar-refractivity contribution in [2.75, 3.05) is 5.73 Å². The highest BCUT2D eigenvalue weighted by molar-refractivity contribution is 7.18. The van der Waals surface area contributed by atoms with Crippen molar-refractivity contribution in [3.05, 3.63) is 23.3 Å². The lowest BCUT2D eigenvalue weighted by Gasteiger charge is -2.05. The fourth-order valence-corrected chi connectivity index (χ4v) is 2.22. The van der Waals surface area contributed by atoms with Gasteiger partial charge >= 0.3 is 7.12 Å². The number of hydrogen-bond donors (Lipinski definition) is 3. The average molecular weight is 211 g/mol. The van der Waals surface area contributed by atoms with Crippen LogP contribution in [-0.2, 0) is 0 Å². The van der Waals surface area contributed by atoms with Crippen molar-refractivity contribution in [1.82, 2.24) is 0 Å². The molecule has 0 bridgehead atoms. The molecule has 1 aromatic carbocycles. The molecule has 0 amide bonds. The van der Waals surface area contributed by atoms with Crippen molar-refractivity contribution in [3.8, 4) is 0 Å². The molecule has 14 heavy (non-hydrogen) atoms. The highest BCUT2D eigenvalue weighted by Gasteiger charge is 2.19. The molecule has 1 heterocycles. The third-order valence-electron chi connectivity index (χ3n) is 2.04. The molecule has 0 aliphatic carbocycles. The second-order valence-corrected chi connectivity index (χ2v) is 3.81. The molecular formula is C8H7BFNO2S. The number of nitrogens with two attached hydrogens (primary N) is 1. The first-order valence-electron chi connectivity index (χ1n) is 3.92. The molecule has 1 aromatic heterocycles. The molecule has 4 N–H and O–H groups in total. The predicted octanol–water partition coefficient (Wildman–Crippen LogP) is 0.302. The predicted molar refractivity (Wildman–Crippen MR) is 56.0 cm³/mol. The van der Waals surface area contributed by atoms with Crippen LogP contribution in [0.4, 0.5) is 10.1 Å². The van der Waals surface area contributed by atoms with E-state index < -0.39 is 12.9 Å². The summed E-state index contributed by atoms with van der Waals surface area (Å²) in [5.74, 6) is -0.487. The molecule has 6 heteroatoms. The zero-order valence-corrected chi connectivity index (χ0v) is 7.88. The summed E-state index contributed by atoms with van der Waals surface area (Å²) >= 11 is 1.27. The molecule has 0 aliphatic heterocycles. The summed E-state index contributed by atoms with van der Waals surface area (Å²) in [6.45, 7) is 0. The monoisotopic (exact) mass is 211 g/mol. The van der Waals surface area contributed by atoms with Crippen molar-refractivity contribution in [1.29, 1.82) is 0 Å². The summed E-state index contributed by atoms with van der Waals surface area (Å²) in [6.07, 6.45) is 0. The van der Waals surface area contributed by atoms with E-state index in [0.717, 1.165) is 6.07 Å². The van der Waals surface area contributed by atoms with Crippen LogP contribution < -0.4 is 11.2 Å². The van der Waals surface area contributed by atoms with E-state index in [1.54, 1.807) is 11.4 Å². The van der Waals surface area contributed by atoms with Crippen molar-refractivity contribution in [2.24, 2.45) is 0 Å². The van der Waals surface area contributed by atoms with Gasteiger partial charge in [-0.2, -0.15) is 0 Å². The Morgan fingerprint density at radius 1 is 1.43 bits per heavy atom. The number of anilines is 1. The summed E-state index contributed by atoms with van der Waals surface area (Å²) in [5.41, 5.74) is 5.90.